The molecule has 0 unspecified atom stereocenters. The van der Waals surface area contributed by atoms with E-state index in [0.717, 1.165) is 37.9 Å². The van der Waals surface area contributed by atoms with E-state index in [2.05, 4.69) is 5.32 Å². The molecule has 1 aliphatic rings. The number of piperidine rings is 1. The number of aryl methyl sites for hydroxylation is 1. The predicted molar refractivity (Wildman–Crippen MR) is 81.3 cm³/mol. The zero-order valence-electron chi connectivity index (χ0n) is 12.2. The SMILES string of the molecule is CCCc1c(C2CCNCC2)c(=O)oc2cccc(F)c12. The lowest BCUT2D eigenvalue weighted by Gasteiger charge is -2.24. The van der Waals surface area contributed by atoms with Gasteiger partial charge < -0.3 is 9.73 Å². The molecule has 1 saturated heterocycles. The number of rotatable bonds is 3. The molecule has 0 saturated carbocycles. The fourth-order valence-corrected chi connectivity index (χ4v) is 3.33. The Morgan fingerprint density at radius 1 is 1.33 bits per heavy atom. The third kappa shape index (κ3) is 2.60. The summed E-state index contributed by atoms with van der Waals surface area (Å²) in [7, 11) is 0. The van der Waals surface area contributed by atoms with Crippen molar-refractivity contribution in [1.29, 1.82) is 0 Å². The zero-order valence-corrected chi connectivity index (χ0v) is 12.2. The van der Waals surface area contributed by atoms with Gasteiger partial charge in [-0.15, -0.1) is 0 Å². The van der Waals surface area contributed by atoms with E-state index in [-0.39, 0.29) is 17.4 Å². The second-order valence-electron chi connectivity index (χ2n) is 5.67. The van der Waals surface area contributed by atoms with Crippen molar-refractivity contribution in [3.8, 4) is 0 Å². The quantitative estimate of drug-likeness (QED) is 0.881. The summed E-state index contributed by atoms with van der Waals surface area (Å²) in [6.07, 6.45) is 3.40. The van der Waals surface area contributed by atoms with Crippen LogP contribution in [0.3, 0.4) is 0 Å². The summed E-state index contributed by atoms with van der Waals surface area (Å²) in [5, 5.41) is 3.79. The lowest BCUT2D eigenvalue weighted by Crippen LogP contribution is -2.30. The maximum Gasteiger partial charge on any atom is 0.340 e. The van der Waals surface area contributed by atoms with E-state index in [1.54, 1.807) is 12.1 Å². The monoisotopic (exact) mass is 289 g/mol. The molecule has 112 valence electrons. The topological polar surface area (TPSA) is 42.2 Å². The third-order valence-corrected chi connectivity index (χ3v) is 4.27. The van der Waals surface area contributed by atoms with Gasteiger partial charge in [-0.05, 0) is 56.0 Å². The van der Waals surface area contributed by atoms with Crippen molar-refractivity contribution in [3.05, 3.63) is 45.6 Å². The van der Waals surface area contributed by atoms with E-state index >= 15 is 0 Å². The molecule has 2 aromatic rings. The second kappa shape index (κ2) is 5.98. The zero-order chi connectivity index (χ0) is 14.8. The number of hydrogen-bond donors (Lipinski definition) is 1. The van der Waals surface area contributed by atoms with Gasteiger partial charge >= 0.3 is 5.63 Å². The molecule has 1 fully saturated rings. The number of halogens is 1. The Morgan fingerprint density at radius 3 is 2.81 bits per heavy atom. The standard InChI is InChI=1S/C17H20FNO2/c1-2-4-12-15(11-7-9-19-10-8-11)17(20)21-14-6-3-5-13(18)16(12)14/h3,5-6,11,19H,2,4,7-10H2,1H3. The van der Waals surface area contributed by atoms with Crippen LogP contribution in [0, 0.1) is 5.82 Å². The predicted octanol–water partition coefficient (Wildman–Crippen LogP) is 3.35. The molecular formula is C17H20FNO2. The van der Waals surface area contributed by atoms with Crippen LogP contribution in [0.15, 0.2) is 27.4 Å². The van der Waals surface area contributed by atoms with Crippen LogP contribution in [0.25, 0.3) is 11.0 Å². The first-order valence-corrected chi connectivity index (χ1v) is 7.67. The lowest BCUT2D eigenvalue weighted by molar-refractivity contribution is 0.439. The van der Waals surface area contributed by atoms with E-state index in [4.69, 9.17) is 4.42 Å². The summed E-state index contributed by atoms with van der Waals surface area (Å²) < 4.78 is 19.7. The van der Waals surface area contributed by atoms with Crippen LogP contribution in [-0.2, 0) is 6.42 Å². The number of benzene rings is 1. The lowest BCUT2D eigenvalue weighted by atomic mass is 9.85. The van der Waals surface area contributed by atoms with Crippen molar-refractivity contribution >= 4 is 11.0 Å². The van der Waals surface area contributed by atoms with Gasteiger partial charge in [0.2, 0.25) is 0 Å². The van der Waals surface area contributed by atoms with Gasteiger partial charge in [0, 0.05) is 5.56 Å². The molecule has 21 heavy (non-hydrogen) atoms. The van der Waals surface area contributed by atoms with E-state index in [1.807, 2.05) is 6.92 Å². The first-order chi connectivity index (χ1) is 10.2. The highest BCUT2D eigenvalue weighted by Gasteiger charge is 2.25. The van der Waals surface area contributed by atoms with Crippen LogP contribution in [0.4, 0.5) is 4.39 Å². The van der Waals surface area contributed by atoms with Crippen LogP contribution in [-0.4, -0.2) is 13.1 Å². The molecule has 2 heterocycles. The van der Waals surface area contributed by atoms with Gasteiger partial charge in [-0.25, -0.2) is 9.18 Å². The van der Waals surface area contributed by atoms with E-state index in [0.29, 0.717) is 23.0 Å². The Morgan fingerprint density at radius 2 is 2.10 bits per heavy atom. The fourth-order valence-electron chi connectivity index (χ4n) is 3.33. The first kappa shape index (κ1) is 14.3. The highest BCUT2D eigenvalue weighted by Crippen LogP contribution is 2.32. The molecule has 0 bridgehead atoms. The van der Waals surface area contributed by atoms with Crippen molar-refractivity contribution < 1.29 is 8.81 Å². The van der Waals surface area contributed by atoms with E-state index < -0.39 is 0 Å². The maximum absolute atomic E-state index is 14.3. The van der Waals surface area contributed by atoms with Gasteiger partial charge in [0.1, 0.15) is 11.4 Å². The van der Waals surface area contributed by atoms with Crippen LogP contribution < -0.4 is 10.9 Å². The van der Waals surface area contributed by atoms with Gasteiger partial charge in [-0.1, -0.05) is 19.4 Å². The van der Waals surface area contributed by atoms with Gasteiger partial charge in [0.05, 0.1) is 5.39 Å². The fraction of sp³-hybridized carbons (Fsp3) is 0.471. The molecule has 0 amide bonds. The molecule has 3 nitrogen and oxygen atoms in total. The molecule has 1 aliphatic heterocycles. The molecule has 0 aliphatic carbocycles. The van der Waals surface area contributed by atoms with Crippen molar-refractivity contribution in [2.45, 2.75) is 38.5 Å². The molecule has 0 radical (unpaired) electrons. The summed E-state index contributed by atoms with van der Waals surface area (Å²) >= 11 is 0. The highest BCUT2D eigenvalue weighted by molar-refractivity contribution is 5.82. The summed E-state index contributed by atoms with van der Waals surface area (Å²) in [5.41, 5.74) is 1.63. The minimum atomic E-state index is -0.296. The Balaban J connectivity index is 2.26. The smallest absolute Gasteiger partial charge is 0.340 e. The largest absolute Gasteiger partial charge is 0.422 e. The molecule has 1 N–H and O–H groups in total. The minimum Gasteiger partial charge on any atom is -0.422 e. The summed E-state index contributed by atoms with van der Waals surface area (Å²) in [5.74, 6) is -0.122. The van der Waals surface area contributed by atoms with Crippen LogP contribution in [0.1, 0.15) is 43.2 Å². The molecule has 4 heteroatoms. The summed E-state index contributed by atoms with van der Waals surface area (Å²) in [4.78, 5) is 12.4. The van der Waals surface area contributed by atoms with Crippen LogP contribution in [0.2, 0.25) is 0 Å². The van der Waals surface area contributed by atoms with Gasteiger partial charge in [0.25, 0.3) is 0 Å². The van der Waals surface area contributed by atoms with Crippen molar-refractivity contribution in [2.75, 3.05) is 13.1 Å². The van der Waals surface area contributed by atoms with Crippen molar-refractivity contribution in [1.82, 2.24) is 5.32 Å². The molecule has 0 spiro atoms. The minimum absolute atomic E-state index is 0.174. The second-order valence-corrected chi connectivity index (χ2v) is 5.67. The van der Waals surface area contributed by atoms with Crippen LogP contribution in [0.5, 0.6) is 0 Å². The molecular weight excluding hydrogens is 269 g/mol. The third-order valence-electron chi connectivity index (χ3n) is 4.27. The van der Waals surface area contributed by atoms with Crippen molar-refractivity contribution in [3.63, 3.8) is 0 Å². The average Bonchev–Trinajstić information content (AvgIpc) is 2.48. The van der Waals surface area contributed by atoms with Crippen LogP contribution >= 0.6 is 0 Å². The molecule has 0 atom stereocenters. The maximum atomic E-state index is 14.3. The highest BCUT2D eigenvalue weighted by atomic mass is 19.1. The molecule has 1 aromatic carbocycles. The molecule has 1 aromatic heterocycles. The van der Waals surface area contributed by atoms with E-state index in [1.165, 1.54) is 6.07 Å². The number of hydrogen-bond acceptors (Lipinski definition) is 3. The average molecular weight is 289 g/mol. The normalized spacial score (nSPS) is 16.5. The summed E-state index contributed by atoms with van der Waals surface area (Å²) in [6.45, 7) is 3.84. The first-order valence-electron chi connectivity index (χ1n) is 7.67. The van der Waals surface area contributed by atoms with Crippen molar-refractivity contribution in [2.24, 2.45) is 0 Å². The summed E-state index contributed by atoms with van der Waals surface area (Å²) in [6, 6.07) is 4.69. The Bertz CT molecular complexity index is 702. The van der Waals surface area contributed by atoms with E-state index in [9.17, 15) is 9.18 Å². The molecule has 3 rings (SSSR count). The van der Waals surface area contributed by atoms with Gasteiger partial charge in [0.15, 0.2) is 0 Å². The Kier molecular flexibility index (Phi) is 4.06. The number of fused-ring (bicyclic) bond motifs is 1. The van der Waals surface area contributed by atoms with Gasteiger partial charge in [-0.2, -0.15) is 0 Å². The van der Waals surface area contributed by atoms with Gasteiger partial charge in [-0.3, -0.25) is 0 Å². The Labute approximate surface area is 123 Å². The Hall–Kier alpha value is -1.68. The number of nitrogens with one attached hydrogen (secondary N) is 1.